The fourth-order valence-corrected chi connectivity index (χ4v) is 4.20. The summed E-state index contributed by atoms with van der Waals surface area (Å²) in [6.45, 7) is 0. The summed E-state index contributed by atoms with van der Waals surface area (Å²) in [7, 11) is 0. The molecule has 150 valence electrons. The number of carbonyl (C=O) groups excluding carboxylic acids is 1. The summed E-state index contributed by atoms with van der Waals surface area (Å²) in [5.74, 6) is 0. The molecule has 0 aliphatic rings. The van der Waals surface area contributed by atoms with Crippen LogP contribution in [0.5, 0.6) is 0 Å². The van der Waals surface area contributed by atoms with Gasteiger partial charge < -0.3 is 9.36 Å². The Morgan fingerprint density at radius 2 is 1.23 bits per heavy atom. The van der Waals surface area contributed by atoms with Gasteiger partial charge in [-0.1, -0.05) is 91.0 Å². The van der Waals surface area contributed by atoms with Gasteiger partial charge in [0, 0.05) is 12.6 Å². The van der Waals surface area contributed by atoms with Crippen LogP contribution in [-0.2, 0) is 16.8 Å². The molecule has 0 unspecified atom stereocenters. The molecule has 0 N–H and O–H groups in total. The molecule has 3 nitrogen and oxygen atoms in total. The van der Waals surface area contributed by atoms with Gasteiger partial charge in [0.15, 0.2) is 0 Å². The number of aromatic nitrogens is 2. The lowest BCUT2D eigenvalue weighted by molar-refractivity contribution is -0.107. The Morgan fingerprint density at radius 3 is 1.70 bits per heavy atom. The predicted octanol–water partition coefficient (Wildman–Crippen LogP) is 5.64. The first-order valence-electron chi connectivity index (χ1n) is 10.5. The number of benzene rings is 3. The molecule has 0 spiro atoms. The van der Waals surface area contributed by atoms with Crippen LogP contribution in [0.2, 0.25) is 0 Å². The molecule has 3 aromatic carbocycles. The summed E-state index contributed by atoms with van der Waals surface area (Å²) in [4.78, 5) is 15.3. The topological polar surface area (TPSA) is 34.9 Å². The maximum absolute atomic E-state index is 10.6. The zero-order valence-electron chi connectivity index (χ0n) is 17.0. The summed E-state index contributed by atoms with van der Waals surface area (Å²) < 4.78 is 2.24. The predicted molar refractivity (Wildman–Crippen MR) is 120 cm³/mol. The minimum Gasteiger partial charge on any atom is -0.319 e. The molecule has 0 atom stereocenters. The molecule has 0 fully saturated rings. The Balaban J connectivity index is 1.88. The summed E-state index contributed by atoms with van der Waals surface area (Å²) in [5, 5.41) is 0. The van der Waals surface area contributed by atoms with E-state index in [1.165, 1.54) is 16.7 Å². The van der Waals surface area contributed by atoms with E-state index in [-0.39, 0.29) is 0 Å². The second kappa shape index (κ2) is 9.36. The van der Waals surface area contributed by atoms with E-state index in [1.807, 2.05) is 6.33 Å². The lowest BCUT2D eigenvalue weighted by atomic mass is 9.77. The molecule has 4 aromatic rings. The highest BCUT2D eigenvalue weighted by Gasteiger charge is 2.38. The molecular weight excluding hydrogens is 368 g/mol. The minimum absolute atomic E-state index is 0.516. The number of imidazole rings is 1. The SMILES string of the molecule is O=CCCCCc1cn(C(c2ccccc2)(c2ccccc2)c2ccccc2)cn1. The van der Waals surface area contributed by atoms with E-state index >= 15 is 0 Å². The number of aldehydes is 1. The zero-order valence-corrected chi connectivity index (χ0v) is 17.0. The number of hydrogen-bond donors (Lipinski definition) is 0. The second-order valence-electron chi connectivity index (χ2n) is 7.49. The Kier molecular flexibility index (Phi) is 6.19. The van der Waals surface area contributed by atoms with Crippen LogP contribution < -0.4 is 0 Å². The Hall–Kier alpha value is -3.46. The van der Waals surface area contributed by atoms with Gasteiger partial charge in [-0.05, 0) is 36.0 Å². The van der Waals surface area contributed by atoms with Crippen LogP contribution in [0.1, 0.15) is 41.6 Å². The van der Waals surface area contributed by atoms with E-state index in [2.05, 4.69) is 102 Å². The fraction of sp³-hybridized carbons (Fsp3) is 0.185. The lowest BCUT2D eigenvalue weighted by Crippen LogP contribution is -2.36. The lowest BCUT2D eigenvalue weighted by Gasteiger charge is -2.37. The number of unbranched alkanes of at least 4 members (excludes halogenated alkanes) is 2. The monoisotopic (exact) mass is 394 g/mol. The first kappa shape index (κ1) is 19.8. The summed E-state index contributed by atoms with van der Waals surface area (Å²) >= 11 is 0. The van der Waals surface area contributed by atoms with Crippen molar-refractivity contribution in [3.05, 3.63) is 126 Å². The highest BCUT2D eigenvalue weighted by atomic mass is 16.1. The van der Waals surface area contributed by atoms with Crippen molar-refractivity contribution in [2.45, 2.75) is 31.2 Å². The van der Waals surface area contributed by atoms with Crippen molar-refractivity contribution >= 4 is 6.29 Å². The van der Waals surface area contributed by atoms with Gasteiger partial charge in [0.05, 0.1) is 12.0 Å². The molecule has 0 aliphatic carbocycles. The average Bonchev–Trinajstić information content (AvgIpc) is 3.29. The van der Waals surface area contributed by atoms with Crippen LogP contribution in [0, 0.1) is 0 Å². The maximum atomic E-state index is 10.6. The van der Waals surface area contributed by atoms with Crippen LogP contribution >= 0.6 is 0 Å². The number of nitrogens with zero attached hydrogens (tertiary/aromatic N) is 2. The average molecular weight is 395 g/mol. The highest BCUT2D eigenvalue weighted by Crippen LogP contribution is 2.40. The van der Waals surface area contributed by atoms with E-state index in [4.69, 9.17) is 4.98 Å². The quantitative estimate of drug-likeness (QED) is 0.209. The van der Waals surface area contributed by atoms with Crippen molar-refractivity contribution in [3.8, 4) is 0 Å². The molecule has 4 rings (SSSR count). The molecule has 30 heavy (non-hydrogen) atoms. The van der Waals surface area contributed by atoms with Crippen LogP contribution in [-0.4, -0.2) is 15.8 Å². The number of rotatable bonds is 9. The molecule has 1 aromatic heterocycles. The van der Waals surface area contributed by atoms with Gasteiger partial charge >= 0.3 is 0 Å². The third-order valence-corrected chi connectivity index (χ3v) is 5.60. The first-order chi connectivity index (χ1) is 14.9. The standard InChI is InChI=1S/C27H26N2O/c30-20-12-4-11-19-26-21-29(22-28-26)27(23-13-5-1-6-14-23,24-15-7-2-8-16-24)25-17-9-3-10-18-25/h1-3,5-10,13-18,20-22H,4,11-12,19H2. The van der Waals surface area contributed by atoms with E-state index in [0.717, 1.165) is 31.2 Å². The zero-order chi connectivity index (χ0) is 20.7. The number of hydrogen-bond acceptors (Lipinski definition) is 2. The normalized spacial score (nSPS) is 11.3. The van der Waals surface area contributed by atoms with Gasteiger partial charge in [0.25, 0.3) is 0 Å². The Morgan fingerprint density at radius 1 is 0.733 bits per heavy atom. The van der Waals surface area contributed by atoms with Crippen LogP contribution in [0.3, 0.4) is 0 Å². The van der Waals surface area contributed by atoms with Crippen molar-refractivity contribution in [2.75, 3.05) is 0 Å². The summed E-state index contributed by atoms with van der Waals surface area (Å²) in [6.07, 6.45) is 8.44. The van der Waals surface area contributed by atoms with Crippen LogP contribution in [0.15, 0.2) is 104 Å². The molecule has 0 bridgehead atoms. The summed E-state index contributed by atoms with van der Waals surface area (Å²) in [5.41, 5.74) is 4.10. The van der Waals surface area contributed by atoms with Crippen LogP contribution in [0.4, 0.5) is 0 Å². The highest BCUT2D eigenvalue weighted by molar-refractivity contribution is 5.51. The largest absolute Gasteiger partial charge is 0.319 e. The van der Waals surface area contributed by atoms with Gasteiger partial charge in [-0.15, -0.1) is 0 Å². The van der Waals surface area contributed by atoms with Crippen molar-refractivity contribution in [1.82, 2.24) is 9.55 Å². The molecule has 0 amide bonds. The Bertz CT molecular complexity index is 959. The fourth-order valence-electron chi connectivity index (χ4n) is 4.20. The number of carbonyl (C=O) groups is 1. The molecule has 0 saturated heterocycles. The third kappa shape index (κ3) is 3.84. The van der Waals surface area contributed by atoms with Gasteiger partial charge in [0.2, 0.25) is 0 Å². The molecule has 3 heteroatoms. The van der Waals surface area contributed by atoms with Crippen LogP contribution in [0.25, 0.3) is 0 Å². The van der Waals surface area contributed by atoms with Crippen molar-refractivity contribution in [3.63, 3.8) is 0 Å². The molecule has 0 aliphatic heterocycles. The first-order valence-corrected chi connectivity index (χ1v) is 10.5. The van der Waals surface area contributed by atoms with Gasteiger partial charge in [0.1, 0.15) is 11.8 Å². The molecule has 0 radical (unpaired) electrons. The Labute approximate surface area is 178 Å². The van der Waals surface area contributed by atoms with E-state index < -0.39 is 5.54 Å². The minimum atomic E-state index is -0.516. The molecule has 0 saturated carbocycles. The van der Waals surface area contributed by atoms with Gasteiger partial charge in [-0.3, -0.25) is 0 Å². The third-order valence-electron chi connectivity index (χ3n) is 5.60. The molecular formula is C27H26N2O. The number of aryl methyl sites for hydroxylation is 1. The van der Waals surface area contributed by atoms with E-state index in [1.54, 1.807) is 0 Å². The van der Waals surface area contributed by atoms with Crippen molar-refractivity contribution in [1.29, 1.82) is 0 Å². The maximum Gasteiger partial charge on any atom is 0.121 e. The molecule has 1 heterocycles. The van der Waals surface area contributed by atoms with Gasteiger partial charge in [-0.2, -0.15) is 0 Å². The van der Waals surface area contributed by atoms with Gasteiger partial charge in [-0.25, -0.2) is 4.98 Å². The smallest absolute Gasteiger partial charge is 0.121 e. The second-order valence-corrected chi connectivity index (χ2v) is 7.49. The van der Waals surface area contributed by atoms with E-state index in [0.29, 0.717) is 6.42 Å². The van der Waals surface area contributed by atoms with E-state index in [9.17, 15) is 4.79 Å². The van der Waals surface area contributed by atoms with Crippen molar-refractivity contribution < 1.29 is 4.79 Å². The van der Waals surface area contributed by atoms with Crippen molar-refractivity contribution in [2.24, 2.45) is 0 Å². The summed E-state index contributed by atoms with van der Waals surface area (Å²) in [6, 6.07) is 31.8.